The fourth-order valence-electron chi connectivity index (χ4n) is 2.57. The molecule has 0 bridgehead atoms. The Kier molecular flexibility index (Phi) is 2.37. The summed E-state index contributed by atoms with van der Waals surface area (Å²) in [6.07, 6.45) is 2.85. The molecule has 1 unspecified atom stereocenters. The minimum Gasteiger partial charge on any atom is -0.366 e. The van der Waals surface area contributed by atoms with E-state index in [0.717, 1.165) is 25.0 Å². The third-order valence-corrected chi connectivity index (χ3v) is 3.54. The summed E-state index contributed by atoms with van der Waals surface area (Å²) in [5, 5.41) is 3.51. The van der Waals surface area contributed by atoms with E-state index in [1.807, 2.05) is 0 Å². The van der Waals surface area contributed by atoms with Crippen LogP contribution in [0, 0.1) is 5.92 Å². The Morgan fingerprint density at radius 3 is 2.67 bits per heavy atom. The second kappa shape index (κ2) is 3.86. The Morgan fingerprint density at radius 1 is 1.13 bits per heavy atom. The summed E-state index contributed by atoms with van der Waals surface area (Å²) in [6.45, 7) is 3.45. The van der Waals surface area contributed by atoms with Crippen LogP contribution in [0.3, 0.4) is 0 Å². The van der Waals surface area contributed by atoms with Crippen molar-refractivity contribution in [1.82, 2.24) is 5.32 Å². The molecule has 2 fully saturated rings. The average molecular weight is 202 g/mol. The van der Waals surface area contributed by atoms with E-state index in [0.29, 0.717) is 0 Å². The summed E-state index contributed by atoms with van der Waals surface area (Å²) in [7, 11) is 0. The Bertz CT molecular complexity index is 319. The lowest BCUT2D eigenvalue weighted by molar-refractivity contribution is 0.440. The second-order valence-corrected chi connectivity index (χ2v) is 4.64. The molecular weight excluding hydrogens is 184 g/mol. The third-order valence-electron chi connectivity index (χ3n) is 3.54. The van der Waals surface area contributed by atoms with Crippen molar-refractivity contribution < 1.29 is 0 Å². The fourth-order valence-corrected chi connectivity index (χ4v) is 2.57. The summed E-state index contributed by atoms with van der Waals surface area (Å²) < 4.78 is 0. The maximum atomic E-state index is 3.51. The number of rotatable bonds is 2. The molecule has 3 rings (SSSR count). The highest BCUT2D eigenvalue weighted by molar-refractivity contribution is 5.48. The number of para-hydroxylation sites is 1. The number of nitrogens with one attached hydrogen (secondary N) is 1. The van der Waals surface area contributed by atoms with E-state index in [-0.39, 0.29) is 0 Å². The van der Waals surface area contributed by atoms with E-state index in [1.165, 1.54) is 25.1 Å². The summed E-state index contributed by atoms with van der Waals surface area (Å²) in [6, 6.07) is 11.6. The van der Waals surface area contributed by atoms with E-state index in [1.54, 1.807) is 0 Å². The van der Waals surface area contributed by atoms with Crippen molar-refractivity contribution in [2.24, 2.45) is 5.92 Å². The molecule has 2 heteroatoms. The molecule has 0 spiro atoms. The van der Waals surface area contributed by atoms with Crippen LogP contribution in [0.4, 0.5) is 5.69 Å². The zero-order chi connectivity index (χ0) is 10.1. The highest BCUT2D eigenvalue weighted by Crippen LogP contribution is 2.37. The molecule has 1 saturated carbocycles. The Balaban J connectivity index is 1.82. The summed E-state index contributed by atoms with van der Waals surface area (Å²) in [5.74, 6) is 0.943. The van der Waals surface area contributed by atoms with Crippen molar-refractivity contribution in [2.45, 2.75) is 18.9 Å². The van der Waals surface area contributed by atoms with E-state index in [4.69, 9.17) is 0 Å². The lowest BCUT2D eigenvalue weighted by Gasteiger charge is -2.38. The molecule has 1 aromatic rings. The average Bonchev–Trinajstić information content (AvgIpc) is 3.14. The Labute approximate surface area is 91.3 Å². The summed E-state index contributed by atoms with van der Waals surface area (Å²) >= 11 is 0. The standard InChI is InChI=1S/C13H18N2/c1-2-4-12(5-3-1)15-9-8-14-10-13(15)11-6-7-11/h1-5,11,13-14H,6-10H2. The van der Waals surface area contributed by atoms with Gasteiger partial charge in [0.1, 0.15) is 0 Å². The maximum absolute atomic E-state index is 3.51. The van der Waals surface area contributed by atoms with Crippen molar-refractivity contribution >= 4 is 5.69 Å². The van der Waals surface area contributed by atoms with Gasteiger partial charge in [0.2, 0.25) is 0 Å². The van der Waals surface area contributed by atoms with Gasteiger partial charge in [0.25, 0.3) is 0 Å². The van der Waals surface area contributed by atoms with Crippen molar-refractivity contribution in [3.05, 3.63) is 30.3 Å². The number of anilines is 1. The highest BCUT2D eigenvalue weighted by Gasteiger charge is 2.36. The molecule has 1 aliphatic heterocycles. The molecule has 1 heterocycles. The molecule has 2 nitrogen and oxygen atoms in total. The van der Waals surface area contributed by atoms with E-state index in [2.05, 4.69) is 40.5 Å². The molecule has 1 aromatic carbocycles. The summed E-state index contributed by atoms with van der Waals surface area (Å²) in [5.41, 5.74) is 1.40. The van der Waals surface area contributed by atoms with Gasteiger partial charge >= 0.3 is 0 Å². The first-order valence-electron chi connectivity index (χ1n) is 5.97. The molecule has 0 amide bonds. The third kappa shape index (κ3) is 1.86. The van der Waals surface area contributed by atoms with Gasteiger partial charge in [-0.1, -0.05) is 18.2 Å². The van der Waals surface area contributed by atoms with Crippen molar-refractivity contribution in [1.29, 1.82) is 0 Å². The molecule has 0 radical (unpaired) electrons. The van der Waals surface area contributed by atoms with Gasteiger partial charge in [0.05, 0.1) is 0 Å². The first-order chi connectivity index (χ1) is 7.45. The number of nitrogens with zero attached hydrogens (tertiary/aromatic N) is 1. The van der Waals surface area contributed by atoms with Gasteiger partial charge < -0.3 is 10.2 Å². The predicted octanol–water partition coefficient (Wildman–Crippen LogP) is 1.87. The minimum absolute atomic E-state index is 0.737. The topological polar surface area (TPSA) is 15.3 Å². The van der Waals surface area contributed by atoms with Gasteiger partial charge in [-0.15, -0.1) is 0 Å². The molecule has 80 valence electrons. The van der Waals surface area contributed by atoms with E-state index < -0.39 is 0 Å². The zero-order valence-electron chi connectivity index (χ0n) is 9.02. The first kappa shape index (κ1) is 9.22. The first-order valence-corrected chi connectivity index (χ1v) is 5.97. The van der Waals surface area contributed by atoms with Gasteiger partial charge in [-0.25, -0.2) is 0 Å². The van der Waals surface area contributed by atoms with Crippen molar-refractivity contribution in [3.8, 4) is 0 Å². The van der Waals surface area contributed by atoms with Gasteiger partial charge in [-0.2, -0.15) is 0 Å². The quantitative estimate of drug-likeness (QED) is 0.787. The zero-order valence-corrected chi connectivity index (χ0v) is 9.02. The van der Waals surface area contributed by atoms with Crippen LogP contribution in [0.15, 0.2) is 30.3 Å². The number of benzene rings is 1. The molecule has 1 saturated heterocycles. The molecule has 1 atom stereocenters. The molecule has 1 N–H and O–H groups in total. The fraction of sp³-hybridized carbons (Fsp3) is 0.538. The molecular formula is C13H18N2. The minimum atomic E-state index is 0.737. The van der Waals surface area contributed by atoms with Crippen molar-refractivity contribution in [2.75, 3.05) is 24.5 Å². The van der Waals surface area contributed by atoms with Crippen LogP contribution in [0.5, 0.6) is 0 Å². The Hall–Kier alpha value is -1.02. The Morgan fingerprint density at radius 2 is 1.93 bits per heavy atom. The van der Waals surface area contributed by atoms with Crippen LogP contribution in [-0.2, 0) is 0 Å². The predicted molar refractivity (Wildman–Crippen MR) is 63.2 cm³/mol. The number of hydrogen-bond acceptors (Lipinski definition) is 2. The molecule has 15 heavy (non-hydrogen) atoms. The second-order valence-electron chi connectivity index (χ2n) is 4.64. The van der Waals surface area contributed by atoms with Gasteiger partial charge in [0.15, 0.2) is 0 Å². The lowest BCUT2D eigenvalue weighted by Crippen LogP contribution is -2.52. The summed E-state index contributed by atoms with van der Waals surface area (Å²) in [4.78, 5) is 2.59. The van der Waals surface area contributed by atoms with Crippen LogP contribution < -0.4 is 10.2 Å². The van der Waals surface area contributed by atoms with Gasteiger partial charge in [-0.3, -0.25) is 0 Å². The smallest absolute Gasteiger partial charge is 0.0443 e. The van der Waals surface area contributed by atoms with Crippen LogP contribution in [0.25, 0.3) is 0 Å². The van der Waals surface area contributed by atoms with Gasteiger partial charge in [0, 0.05) is 31.4 Å². The molecule has 1 aliphatic carbocycles. The largest absolute Gasteiger partial charge is 0.366 e. The van der Waals surface area contributed by atoms with E-state index >= 15 is 0 Å². The van der Waals surface area contributed by atoms with Crippen LogP contribution in [0.1, 0.15) is 12.8 Å². The van der Waals surface area contributed by atoms with Gasteiger partial charge in [-0.05, 0) is 30.9 Å². The van der Waals surface area contributed by atoms with Crippen LogP contribution >= 0.6 is 0 Å². The maximum Gasteiger partial charge on any atom is 0.0443 e. The van der Waals surface area contributed by atoms with Crippen molar-refractivity contribution in [3.63, 3.8) is 0 Å². The highest BCUT2D eigenvalue weighted by atomic mass is 15.2. The SMILES string of the molecule is c1ccc(N2CCNCC2C2CC2)cc1. The number of hydrogen-bond donors (Lipinski definition) is 1. The lowest BCUT2D eigenvalue weighted by atomic mass is 10.1. The van der Waals surface area contributed by atoms with E-state index in [9.17, 15) is 0 Å². The monoisotopic (exact) mass is 202 g/mol. The van der Waals surface area contributed by atoms with Crippen LogP contribution in [-0.4, -0.2) is 25.7 Å². The molecule has 2 aliphatic rings. The van der Waals surface area contributed by atoms with Crippen LogP contribution in [0.2, 0.25) is 0 Å². The number of piperazine rings is 1. The normalized spacial score (nSPS) is 26.7. The molecule has 0 aromatic heterocycles.